The Bertz CT molecular complexity index is 1640. The molecule has 2 aromatic carbocycles. The van der Waals surface area contributed by atoms with Gasteiger partial charge in [0.2, 0.25) is 10.0 Å². The highest BCUT2D eigenvalue weighted by atomic mass is 32.2. The Kier molecular flexibility index (Phi) is 5.38. The first-order chi connectivity index (χ1) is 17.6. The lowest BCUT2D eigenvalue weighted by molar-refractivity contribution is -0.286. The van der Waals surface area contributed by atoms with Gasteiger partial charge in [-0.25, -0.2) is 27.2 Å². The minimum atomic E-state index is -4.02. The fourth-order valence-electron chi connectivity index (χ4n) is 4.72. The lowest BCUT2D eigenvalue weighted by atomic mass is 10.1. The van der Waals surface area contributed by atoms with Gasteiger partial charge >= 0.3 is 6.29 Å². The quantitative estimate of drug-likeness (QED) is 0.352. The molecule has 0 atom stereocenters. The van der Waals surface area contributed by atoms with Gasteiger partial charge in [0.1, 0.15) is 23.0 Å². The third kappa shape index (κ3) is 4.07. The molecule has 2 aromatic heterocycles. The number of nitrogens with zero attached hydrogens (tertiary/aromatic N) is 4. The van der Waals surface area contributed by atoms with Crippen LogP contribution in [0, 0.1) is 11.6 Å². The molecule has 0 amide bonds. The van der Waals surface area contributed by atoms with Gasteiger partial charge in [0.15, 0.2) is 17.1 Å². The molecule has 0 unspecified atom stereocenters. The molecular formula is C24H18F4N4O4S. The molecule has 37 heavy (non-hydrogen) atoms. The minimum absolute atomic E-state index is 0.103. The van der Waals surface area contributed by atoms with E-state index in [1.165, 1.54) is 16.4 Å². The van der Waals surface area contributed by atoms with Gasteiger partial charge in [-0.2, -0.15) is 4.31 Å². The van der Waals surface area contributed by atoms with Crippen molar-refractivity contribution in [2.24, 2.45) is 0 Å². The monoisotopic (exact) mass is 534 g/mol. The van der Waals surface area contributed by atoms with Crippen molar-refractivity contribution < 1.29 is 35.5 Å². The Balaban J connectivity index is 1.29. The molecule has 192 valence electrons. The summed E-state index contributed by atoms with van der Waals surface area (Å²) in [7, 11) is -4.02. The van der Waals surface area contributed by atoms with Gasteiger partial charge < -0.3 is 14.0 Å². The Morgan fingerprint density at radius 1 is 0.973 bits per heavy atom. The first kappa shape index (κ1) is 23.7. The molecule has 1 saturated heterocycles. The molecule has 4 heterocycles. The molecule has 0 aliphatic carbocycles. The second kappa shape index (κ2) is 8.42. The smallest absolute Gasteiger partial charge is 0.395 e. The van der Waals surface area contributed by atoms with Gasteiger partial charge in [-0.3, -0.25) is 0 Å². The van der Waals surface area contributed by atoms with E-state index < -0.39 is 28.0 Å². The summed E-state index contributed by atoms with van der Waals surface area (Å²) in [6.07, 6.45) is -1.58. The van der Waals surface area contributed by atoms with E-state index in [1.807, 2.05) is 0 Å². The van der Waals surface area contributed by atoms with Gasteiger partial charge in [-0.15, -0.1) is 8.78 Å². The Morgan fingerprint density at radius 2 is 1.73 bits per heavy atom. The number of imidazole rings is 1. The third-order valence-electron chi connectivity index (χ3n) is 6.42. The van der Waals surface area contributed by atoms with Crippen molar-refractivity contribution in [3.05, 3.63) is 66.4 Å². The summed E-state index contributed by atoms with van der Waals surface area (Å²) in [5, 5.41) is 0. The maximum atomic E-state index is 14.7. The standard InChI is InChI=1S/C24H18F4N4O4S/c25-14-3-5-17(18(26)12-14)22-30-19-2-1-9-29-23(19)32(22)15-7-10-31(11-8-15)37(33,34)16-4-6-20-21(13-16)36-24(27,28)35-20/h1-6,9,12-13,15H,7-8,10-11H2. The number of hydrogen-bond donors (Lipinski definition) is 0. The van der Waals surface area contributed by atoms with Crippen molar-refractivity contribution in [2.45, 2.75) is 30.1 Å². The number of rotatable bonds is 4. The maximum absolute atomic E-state index is 14.7. The Hall–Kier alpha value is -3.71. The fraction of sp³-hybridized carbons (Fsp3) is 0.250. The van der Waals surface area contributed by atoms with E-state index in [1.54, 1.807) is 22.9 Å². The highest BCUT2D eigenvalue weighted by Gasteiger charge is 2.44. The van der Waals surface area contributed by atoms with Gasteiger partial charge in [0.05, 0.1) is 10.5 Å². The molecule has 8 nitrogen and oxygen atoms in total. The van der Waals surface area contributed by atoms with E-state index in [4.69, 9.17) is 0 Å². The van der Waals surface area contributed by atoms with Crippen LogP contribution in [0.5, 0.6) is 11.5 Å². The number of pyridine rings is 1. The molecule has 0 radical (unpaired) electrons. The third-order valence-corrected chi connectivity index (χ3v) is 8.31. The SMILES string of the molecule is O=S(=O)(c1ccc2c(c1)OC(F)(F)O2)N1CCC(n2c(-c3ccc(F)cc3F)nc3cccnc32)CC1. The summed E-state index contributed by atoms with van der Waals surface area (Å²) in [5.74, 6) is -1.83. The van der Waals surface area contributed by atoms with E-state index in [9.17, 15) is 26.0 Å². The zero-order chi connectivity index (χ0) is 25.9. The highest BCUT2D eigenvalue weighted by Crippen LogP contribution is 2.43. The van der Waals surface area contributed by atoms with Gasteiger partial charge in [0, 0.05) is 37.5 Å². The molecule has 6 rings (SSSR count). The fourth-order valence-corrected chi connectivity index (χ4v) is 6.20. The largest absolute Gasteiger partial charge is 0.586 e. The number of sulfonamides is 1. The van der Waals surface area contributed by atoms with Crippen molar-refractivity contribution in [1.82, 2.24) is 18.8 Å². The molecule has 0 bridgehead atoms. The number of piperidine rings is 1. The van der Waals surface area contributed by atoms with Crippen LogP contribution in [0.15, 0.2) is 59.6 Å². The molecule has 2 aliphatic rings. The van der Waals surface area contributed by atoms with E-state index in [-0.39, 0.29) is 46.9 Å². The van der Waals surface area contributed by atoms with Gasteiger partial charge in [-0.05, 0) is 49.2 Å². The number of fused-ring (bicyclic) bond motifs is 2. The maximum Gasteiger partial charge on any atom is 0.586 e. The number of halogens is 4. The first-order valence-corrected chi connectivity index (χ1v) is 12.7. The van der Waals surface area contributed by atoms with Crippen LogP contribution in [0.1, 0.15) is 18.9 Å². The van der Waals surface area contributed by atoms with Crippen molar-refractivity contribution >= 4 is 21.2 Å². The number of benzene rings is 2. The van der Waals surface area contributed by atoms with Crippen LogP contribution in [0.4, 0.5) is 17.6 Å². The zero-order valence-corrected chi connectivity index (χ0v) is 19.8. The lowest BCUT2D eigenvalue weighted by Gasteiger charge is -2.32. The highest BCUT2D eigenvalue weighted by molar-refractivity contribution is 7.89. The predicted molar refractivity (Wildman–Crippen MR) is 123 cm³/mol. The summed E-state index contributed by atoms with van der Waals surface area (Å²) >= 11 is 0. The number of aromatic nitrogens is 3. The Labute approximate surface area is 208 Å². The van der Waals surface area contributed by atoms with E-state index in [0.29, 0.717) is 24.0 Å². The topological polar surface area (TPSA) is 86.6 Å². The van der Waals surface area contributed by atoms with Crippen LogP contribution in [-0.2, 0) is 10.0 Å². The Morgan fingerprint density at radius 3 is 2.49 bits per heavy atom. The van der Waals surface area contributed by atoms with E-state index in [0.717, 1.165) is 24.3 Å². The summed E-state index contributed by atoms with van der Waals surface area (Å²) in [5.41, 5.74) is 1.12. The van der Waals surface area contributed by atoms with E-state index >= 15 is 0 Å². The molecular weight excluding hydrogens is 516 g/mol. The van der Waals surface area contributed by atoms with Crippen molar-refractivity contribution in [3.63, 3.8) is 0 Å². The average Bonchev–Trinajstić information content (AvgIpc) is 3.39. The lowest BCUT2D eigenvalue weighted by Crippen LogP contribution is -2.39. The first-order valence-electron chi connectivity index (χ1n) is 11.3. The van der Waals surface area contributed by atoms with Crippen LogP contribution in [0.3, 0.4) is 0 Å². The van der Waals surface area contributed by atoms with Crippen LogP contribution in [0.25, 0.3) is 22.6 Å². The second-order valence-electron chi connectivity index (χ2n) is 8.69. The van der Waals surface area contributed by atoms with Gasteiger partial charge in [-0.1, -0.05) is 0 Å². The minimum Gasteiger partial charge on any atom is -0.395 e. The van der Waals surface area contributed by atoms with Crippen molar-refractivity contribution in [3.8, 4) is 22.9 Å². The summed E-state index contributed by atoms with van der Waals surface area (Å²) in [6, 6.07) is 9.71. The molecule has 0 spiro atoms. The molecule has 1 fully saturated rings. The van der Waals surface area contributed by atoms with Crippen LogP contribution < -0.4 is 9.47 Å². The zero-order valence-electron chi connectivity index (χ0n) is 18.9. The molecule has 4 aromatic rings. The molecule has 0 saturated carbocycles. The molecule has 0 N–H and O–H groups in total. The number of alkyl halides is 2. The summed E-state index contributed by atoms with van der Waals surface area (Å²) in [4.78, 5) is 8.72. The van der Waals surface area contributed by atoms with Crippen molar-refractivity contribution in [2.75, 3.05) is 13.1 Å². The number of ether oxygens (including phenoxy) is 2. The normalized spacial score (nSPS) is 17.9. The molecule has 2 aliphatic heterocycles. The van der Waals surface area contributed by atoms with E-state index in [2.05, 4.69) is 19.4 Å². The number of hydrogen-bond acceptors (Lipinski definition) is 6. The average molecular weight is 534 g/mol. The summed E-state index contributed by atoms with van der Waals surface area (Å²) in [6.45, 7) is 0.213. The summed E-state index contributed by atoms with van der Waals surface area (Å²) < 4.78 is 93.2. The predicted octanol–water partition coefficient (Wildman–Crippen LogP) is 4.72. The van der Waals surface area contributed by atoms with Crippen LogP contribution >= 0.6 is 0 Å². The van der Waals surface area contributed by atoms with Crippen LogP contribution in [-0.4, -0.2) is 46.6 Å². The van der Waals surface area contributed by atoms with Gasteiger partial charge in [0.25, 0.3) is 0 Å². The molecule has 13 heteroatoms. The van der Waals surface area contributed by atoms with Crippen LogP contribution in [0.2, 0.25) is 0 Å². The van der Waals surface area contributed by atoms with Crippen molar-refractivity contribution in [1.29, 1.82) is 0 Å². The second-order valence-corrected chi connectivity index (χ2v) is 10.6.